The smallest absolute Gasteiger partial charge is 0.253 e. The van der Waals surface area contributed by atoms with Crippen LogP contribution in [0.1, 0.15) is 18.4 Å². The lowest BCUT2D eigenvalue weighted by Crippen LogP contribution is -2.26. The van der Waals surface area contributed by atoms with Crippen molar-refractivity contribution in [1.29, 1.82) is 0 Å². The fourth-order valence-corrected chi connectivity index (χ4v) is 2.19. The topological polar surface area (TPSA) is 38.3 Å². The van der Waals surface area contributed by atoms with E-state index in [9.17, 15) is 4.79 Å². The van der Waals surface area contributed by atoms with Crippen molar-refractivity contribution in [3.05, 3.63) is 27.3 Å². The minimum atomic E-state index is -0.265. The number of aryl methyl sites for hydroxylation is 1. The molecule has 1 unspecified atom stereocenters. The van der Waals surface area contributed by atoms with Gasteiger partial charge in [-0.3, -0.25) is 4.79 Å². The van der Waals surface area contributed by atoms with Gasteiger partial charge in [0.25, 0.3) is 5.91 Å². The summed E-state index contributed by atoms with van der Waals surface area (Å²) < 4.78 is 6.48. The van der Waals surface area contributed by atoms with Crippen molar-refractivity contribution in [3.63, 3.8) is 0 Å². The number of hydrogen-bond acceptors (Lipinski definition) is 2. The van der Waals surface area contributed by atoms with Crippen LogP contribution in [0.2, 0.25) is 0 Å². The number of amides is 1. The Kier molecular flexibility index (Phi) is 3.81. The van der Waals surface area contributed by atoms with Gasteiger partial charge in [0.1, 0.15) is 6.10 Å². The Morgan fingerprint density at radius 1 is 1.56 bits per heavy atom. The summed E-state index contributed by atoms with van der Waals surface area (Å²) >= 11 is 2.26. The Balaban J connectivity index is 2.02. The van der Waals surface area contributed by atoms with Crippen LogP contribution in [0.4, 0.5) is 5.69 Å². The molecule has 1 atom stereocenters. The van der Waals surface area contributed by atoms with E-state index in [1.54, 1.807) is 0 Å². The van der Waals surface area contributed by atoms with Gasteiger partial charge in [-0.1, -0.05) is 6.07 Å². The van der Waals surface area contributed by atoms with E-state index in [1.165, 1.54) is 5.56 Å². The van der Waals surface area contributed by atoms with Crippen LogP contribution in [0.25, 0.3) is 0 Å². The minimum Gasteiger partial charge on any atom is -0.368 e. The summed E-state index contributed by atoms with van der Waals surface area (Å²) in [5.74, 6) is -0.0304. The van der Waals surface area contributed by atoms with Gasteiger partial charge in [0.05, 0.1) is 0 Å². The summed E-state index contributed by atoms with van der Waals surface area (Å²) in [6, 6.07) is 5.90. The number of anilines is 1. The van der Waals surface area contributed by atoms with Crippen molar-refractivity contribution >= 4 is 34.2 Å². The zero-order chi connectivity index (χ0) is 11.5. The third-order valence-corrected chi connectivity index (χ3v) is 3.82. The van der Waals surface area contributed by atoms with Gasteiger partial charge in [0, 0.05) is 15.9 Å². The predicted octanol–water partition coefficient (Wildman–Crippen LogP) is 2.72. The van der Waals surface area contributed by atoms with Crippen molar-refractivity contribution in [2.75, 3.05) is 11.9 Å². The van der Waals surface area contributed by atoms with Crippen molar-refractivity contribution in [2.45, 2.75) is 25.9 Å². The molecule has 1 saturated heterocycles. The number of benzene rings is 1. The second kappa shape index (κ2) is 5.14. The second-order valence-electron chi connectivity index (χ2n) is 3.95. The van der Waals surface area contributed by atoms with Crippen LogP contribution in [0, 0.1) is 10.5 Å². The Labute approximate surface area is 109 Å². The Morgan fingerprint density at radius 2 is 2.38 bits per heavy atom. The van der Waals surface area contributed by atoms with E-state index in [1.807, 2.05) is 25.1 Å². The van der Waals surface area contributed by atoms with Gasteiger partial charge in [-0.15, -0.1) is 0 Å². The highest BCUT2D eigenvalue weighted by Crippen LogP contribution is 2.19. The molecule has 1 aliphatic rings. The Hall–Kier alpha value is -0.620. The first kappa shape index (κ1) is 11.9. The number of nitrogens with one attached hydrogen (secondary N) is 1. The van der Waals surface area contributed by atoms with Gasteiger partial charge < -0.3 is 10.1 Å². The molecule has 0 bridgehead atoms. The molecular formula is C12H14INO2. The summed E-state index contributed by atoms with van der Waals surface area (Å²) in [4.78, 5) is 11.8. The first-order chi connectivity index (χ1) is 7.66. The molecule has 0 saturated carbocycles. The van der Waals surface area contributed by atoms with E-state index in [4.69, 9.17) is 4.74 Å². The second-order valence-corrected chi connectivity index (χ2v) is 5.12. The molecule has 0 spiro atoms. The number of halogens is 1. The molecule has 16 heavy (non-hydrogen) atoms. The summed E-state index contributed by atoms with van der Waals surface area (Å²) in [6.45, 7) is 2.75. The fraction of sp³-hybridized carbons (Fsp3) is 0.417. The predicted molar refractivity (Wildman–Crippen MR) is 71.5 cm³/mol. The largest absolute Gasteiger partial charge is 0.368 e. The maximum Gasteiger partial charge on any atom is 0.253 e. The van der Waals surface area contributed by atoms with Crippen molar-refractivity contribution in [3.8, 4) is 0 Å². The molecule has 4 heteroatoms. The average Bonchev–Trinajstić information content (AvgIpc) is 2.77. The molecule has 1 fully saturated rings. The van der Waals surface area contributed by atoms with Gasteiger partial charge in [-0.25, -0.2) is 0 Å². The molecule has 1 aromatic carbocycles. The van der Waals surface area contributed by atoms with Gasteiger partial charge in [0.15, 0.2) is 0 Å². The maximum atomic E-state index is 11.8. The monoisotopic (exact) mass is 331 g/mol. The number of ether oxygens (including phenoxy) is 1. The molecule has 1 N–H and O–H groups in total. The standard InChI is InChI=1S/C12H14INO2/c1-8-4-5-9(7-10(8)13)14-12(15)11-3-2-6-16-11/h4-5,7,11H,2-3,6H2,1H3,(H,14,15). The molecule has 86 valence electrons. The highest BCUT2D eigenvalue weighted by atomic mass is 127. The van der Waals surface area contributed by atoms with Crippen LogP contribution in [-0.2, 0) is 9.53 Å². The van der Waals surface area contributed by atoms with E-state index in [-0.39, 0.29) is 12.0 Å². The molecule has 1 aliphatic heterocycles. The van der Waals surface area contributed by atoms with E-state index in [2.05, 4.69) is 27.9 Å². The van der Waals surface area contributed by atoms with Crippen LogP contribution >= 0.6 is 22.6 Å². The van der Waals surface area contributed by atoms with Crippen LogP contribution in [0.5, 0.6) is 0 Å². The Bertz CT molecular complexity index is 400. The molecule has 0 aliphatic carbocycles. The molecule has 1 heterocycles. The minimum absolute atomic E-state index is 0.0304. The molecule has 1 amide bonds. The number of carbonyl (C=O) groups is 1. The van der Waals surface area contributed by atoms with E-state index in [0.29, 0.717) is 6.61 Å². The summed E-state index contributed by atoms with van der Waals surface area (Å²) in [5.41, 5.74) is 2.06. The normalized spacial score (nSPS) is 19.8. The van der Waals surface area contributed by atoms with E-state index in [0.717, 1.165) is 22.1 Å². The third kappa shape index (κ3) is 2.74. The first-order valence-corrected chi connectivity index (χ1v) is 6.43. The zero-order valence-corrected chi connectivity index (χ0v) is 11.3. The van der Waals surface area contributed by atoms with Crippen LogP contribution in [-0.4, -0.2) is 18.6 Å². The quantitative estimate of drug-likeness (QED) is 0.847. The lowest BCUT2D eigenvalue weighted by atomic mass is 10.2. The summed E-state index contributed by atoms with van der Waals surface area (Å²) in [6.07, 6.45) is 1.54. The van der Waals surface area contributed by atoms with E-state index >= 15 is 0 Å². The maximum absolute atomic E-state index is 11.8. The lowest BCUT2D eigenvalue weighted by molar-refractivity contribution is -0.124. The molecule has 0 radical (unpaired) electrons. The fourth-order valence-electron chi connectivity index (χ4n) is 1.68. The molecular weight excluding hydrogens is 317 g/mol. The van der Waals surface area contributed by atoms with Crippen LogP contribution in [0.3, 0.4) is 0 Å². The Morgan fingerprint density at radius 3 is 3.00 bits per heavy atom. The highest BCUT2D eigenvalue weighted by Gasteiger charge is 2.23. The molecule has 2 rings (SSSR count). The average molecular weight is 331 g/mol. The van der Waals surface area contributed by atoms with Gasteiger partial charge in [-0.2, -0.15) is 0 Å². The van der Waals surface area contributed by atoms with E-state index < -0.39 is 0 Å². The number of hydrogen-bond donors (Lipinski definition) is 1. The molecule has 3 nitrogen and oxygen atoms in total. The summed E-state index contributed by atoms with van der Waals surface area (Å²) in [5, 5.41) is 2.88. The van der Waals surface area contributed by atoms with Crippen molar-refractivity contribution in [1.82, 2.24) is 0 Å². The molecule has 0 aromatic heterocycles. The lowest BCUT2D eigenvalue weighted by Gasteiger charge is -2.11. The number of carbonyl (C=O) groups excluding carboxylic acids is 1. The third-order valence-electron chi connectivity index (χ3n) is 2.66. The van der Waals surface area contributed by atoms with Crippen molar-refractivity contribution in [2.24, 2.45) is 0 Å². The van der Waals surface area contributed by atoms with Crippen LogP contribution < -0.4 is 5.32 Å². The van der Waals surface area contributed by atoms with Gasteiger partial charge >= 0.3 is 0 Å². The first-order valence-electron chi connectivity index (χ1n) is 5.35. The van der Waals surface area contributed by atoms with Crippen LogP contribution in [0.15, 0.2) is 18.2 Å². The zero-order valence-electron chi connectivity index (χ0n) is 9.13. The summed E-state index contributed by atoms with van der Waals surface area (Å²) in [7, 11) is 0. The number of rotatable bonds is 2. The van der Waals surface area contributed by atoms with Gasteiger partial charge in [0.2, 0.25) is 0 Å². The SMILES string of the molecule is Cc1ccc(NC(=O)C2CCCO2)cc1I. The van der Waals surface area contributed by atoms with Crippen molar-refractivity contribution < 1.29 is 9.53 Å². The van der Waals surface area contributed by atoms with Gasteiger partial charge in [-0.05, 0) is 60.1 Å². The highest BCUT2D eigenvalue weighted by molar-refractivity contribution is 14.1. The molecule has 1 aromatic rings.